The second kappa shape index (κ2) is 6.15. The minimum atomic E-state index is -0.324. The van der Waals surface area contributed by atoms with Crippen LogP contribution in [0.3, 0.4) is 0 Å². The number of piperidine rings is 1. The molecule has 1 amide bonds. The van der Waals surface area contributed by atoms with Crippen LogP contribution < -0.4 is 10.6 Å². The molecule has 0 aromatic carbocycles. The van der Waals surface area contributed by atoms with E-state index in [-0.39, 0.29) is 17.4 Å². The Labute approximate surface area is 125 Å². The van der Waals surface area contributed by atoms with Crippen LogP contribution in [0, 0.1) is 5.41 Å². The Morgan fingerprint density at radius 3 is 3.24 bits per heavy atom. The number of nitrogens with zero attached hydrogens (tertiary/aromatic N) is 2. The molecule has 0 aliphatic carbocycles. The van der Waals surface area contributed by atoms with Crippen LogP contribution in [0.4, 0.5) is 5.69 Å². The standard InChI is InChI=1S/C15H24N4O2/c1-15(5-3-6-16-11-15)14(20)18-12-8-17-19(9-12)10-13-4-2-7-21-13/h8-9,13,16H,2-7,10-11H2,1H3,(H,18,20). The molecule has 2 atom stereocenters. The maximum Gasteiger partial charge on any atom is 0.231 e. The van der Waals surface area contributed by atoms with Crippen LogP contribution in [0.1, 0.15) is 32.6 Å². The van der Waals surface area contributed by atoms with Gasteiger partial charge in [0.15, 0.2) is 0 Å². The summed E-state index contributed by atoms with van der Waals surface area (Å²) in [6, 6.07) is 0. The van der Waals surface area contributed by atoms with Crippen molar-refractivity contribution in [3.8, 4) is 0 Å². The first-order valence-electron chi connectivity index (χ1n) is 7.82. The van der Waals surface area contributed by atoms with Crippen LogP contribution in [-0.4, -0.2) is 41.5 Å². The molecule has 0 bridgehead atoms. The number of aromatic nitrogens is 2. The quantitative estimate of drug-likeness (QED) is 0.880. The van der Waals surface area contributed by atoms with Gasteiger partial charge in [-0.2, -0.15) is 5.10 Å². The van der Waals surface area contributed by atoms with E-state index in [1.165, 1.54) is 0 Å². The molecule has 0 radical (unpaired) electrons. The highest BCUT2D eigenvalue weighted by Crippen LogP contribution is 2.27. The fourth-order valence-electron chi connectivity index (χ4n) is 3.06. The molecule has 2 aliphatic rings. The number of hydrogen-bond acceptors (Lipinski definition) is 4. The van der Waals surface area contributed by atoms with E-state index in [1.54, 1.807) is 6.20 Å². The SMILES string of the molecule is CC1(C(=O)Nc2cnn(CC3CCCO3)c2)CCCNC1. The lowest BCUT2D eigenvalue weighted by Crippen LogP contribution is -2.45. The molecule has 2 saturated heterocycles. The predicted octanol–water partition coefficient (Wildman–Crippen LogP) is 1.39. The molecule has 2 unspecified atom stereocenters. The minimum Gasteiger partial charge on any atom is -0.376 e. The van der Waals surface area contributed by atoms with Crippen molar-refractivity contribution in [1.82, 2.24) is 15.1 Å². The van der Waals surface area contributed by atoms with Crippen LogP contribution in [-0.2, 0) is 16.1 Å². The normalized spacial score (nSPS) is 29.5. The molecule has 1 aromatic heterocycles. The summed E-state index contributed by atoms with van der Waals surface area (Å²) in [6.07, 6.45) is 8.05. The molecular formula is C15H24N4O2. The van der Waals surface area contributed by atoms with Gasteiger partial charge in [0.25, 0.3) is 0 Å². The lowest BCUT2D eigenvalue weighted by atomic mass is 9.82. The van der Waals surface area contributed by atoms with Gasteiger partial charge in [-0.3, -0.25) is 9.48 Å². The molecule has 3 heterocycles. The third-order valence-electron chi connectivity index (χ3n) is 4.45. The summed E-state index contributed by atoms with van der Waals surface area (Å²) in [5, 5.41) is 10.6. The Balaban J connectivity index is 1.57. The molecule has 2 N–H and O–H groups in total. The number of anilines is 1. The summed E-state index contributed by atoms with van der Waals surface area (Å²) in [5.41, 5.74) is 0.444. The van der Waals surface area contributed by atoms with Crippen LogP contribution in [0.5, 0.6) is 0 Å². The minimum absolute atomic E-state index is 0.0753. The zero-order valence-corrected chi connectivity index (χ0v) is 12.6. The van der Waals surface area contributed by atoms with Gasteiger partial charge in [-0.05, 0) is 39.2 Å². The van der Waals surface area contributed by atoms with Gasteiger partial charge < -0.3 is 15.4 Å². The lowest BCUT2D eigenvalue weighted by Gasteiger charge is -2.32. The van der Waals surface area contributed by atoms with Crippen LogP contribution in [0.15, 0.2) is 12.4 Å². The summed E-state index contributed by atoms with van der Waals surface area (Å²) < 4.78 is 7.46. The molecule has 6 nitrogen and oxygen atoms in total. The Morgan fingerprint density at radius 2 is 2.52 bits per heavy atom. The van der Waals surface area contributed by atoms with Gasteiger partial charge in [0, 0.05) is 19.3 Å². The fourth-order valence-corrected chi connectivity index (χ4v) is 3.06. The smallest absolute Gasteiger partial charge is 0.231 e. The predicted molar refractivity (Wildman–Crippen MR) is 80.0 cm³/mol. The van der Waals surface area contributed by atoms with Crippen LogP contribution >= 0.6 is 0 Å². The molecule has 116 valence electrons. The number of carbonyl (C=O) groups is 1. The van der Waals surface area contributed by atoms with Crippen molar-refractivity contribution in [1.29, 1.82) is 0 Å². The number of ether oxygens (including phenoxy) is 1. The van der Waals surface area contributed by atoms with Crippen molar-refractivity contribution in [2.75, 3.05) is 25.0 Å². The molecule has 1 aromatic rings. The van der Waals surface area contributed by atoms with E-state index < -0.39 is 0 Å². The van der Waals surface area contributed by atoms with Crippen molar-refractivity contribution in [2.24, 2.45) is 5.41 Å². The molecule has 0 saturated carbocycles. The Kier molecular flexibility index (Phi) is 4.26. The van der Waals surface area contributed by atoms with Gasteiger partial charge in [0.05, 0.1) is 29.9 Å². The second-order valence-electron chi connectivity index (χ2n) is 6.38. The average Bonchev–Trinajstić information content (AvgIpc) is 3.12. The molecule has 0 spiro atoms. The third-order valence-corrected chi connectivity index (χ3v) is 4.45. The molecular weight excluding hydrogens is 268 g/mol. The van der Waals surface area contributed by atoms with Crippen molar-refractivity contribution < 1.29 is 9.53 Å². The number of hydrogen-bond donors (Lipinski definition) is 2. The fraction of sp³-hybridized carbons (Fsp3) is 0.733. The van der Waals surface area contributed by atoms with Gasteiger partial charge in [-0.1, -0.05) is 0 Å². The van der Waals surface area contributed by atoms with Crippen molar-refractivity contribution in [2.45, 2.75) is 45.3 Å². The van der Waals surface area contributed by atoms with Crippen LogP contribution in [0.25, 0.3) is 0 Å². The Morgan fingerprint density at radius 1 is 1.62 bits per heavy atom. The van der Waals surface area contributed by atoms with E-state index in [1.807, 2.05) is 17.8 Å². The highest BCUT2D eigenvalue weighted by Gasteiger charge is 2.34. The molecule has 6 heteroatoms. The Hall–Kier alpha value is -1.40. The summed E-state index contributed by atoms with van der Waals surface area (Å²) in [5.74, 6) is 0.0753. The summed E-state index contributed by atoms with van der Waals surface area (Å²) in [4.78, 5) is 12.4. The zero-order valence-electron chi connectivity index (χ0n) is 12.6. The highest BCUT2D eigenvalue weighted by molar-refractivity contribution is 5.95. The van der Waals surface area contributed by atoms with E-state index in [2.05, 4.69) is 15.7 Å². The van der Waals surface area contributed by atoms with Crippen molar-refractivity contribution in [3.63, 3.8) is 0 Å². The van der Waals surface area contributed by atoms with Gasteiger partial charge >= 0.3 is 0 Å². The maximum absolute atomic E-state index is 12.4. The maximum atomic E-state index is 12.4. The second-order valence-corrected chi connectivity index (χ2v) is 6.38. The lowest BCUT2D eigenvalue weighted by molar-refractivity contribution is -0.125. The molecule has 2 aliphatic heterocycles. The van der Waals surface area contributed by atoms with E-state index in [0.717, 1.165) is 57.6 Å². The molecule has 3 rings (SSSR count). The van der Waals surface area contributed by atoms with Crippen molar-refractivity contribution >= 4 is 11.6 Å². The third kappa shape index (κ3) is 3.44. The first-order chi connectivity index (χ1) is 10.2. The number of nitrogens with one attached hydrogen (secondary N) is 2. The van der Waals surface area contributed by atoms with E-state index in [0.29, 0.717) is 0 Å². The van der Waals surface area contributed by atoms with E-state index in [9.17, 15) is 4.79 Å². The summed E-state index contributed by atoms with van der Waals surface area (Å²) in [7, 11) is 0. The first kappa shape index (κ1) is 14.5. The van der Waals surface area contributed by atoms with Gasteiger partial charge in [0.1, 0.15) is 0 Å². The number of carbonyl (C=O) groups excluding carboxylic acids is 1. The molecule has 21 heavy (non-hydrogen) atoms. The number of amides is 1. The first-order valence-corrected chi connectivity index (χ1v) is 7.82. The summed E-state index contributed by atoms with van der Waals surface area (Å²) >= 11 is 0. The van der Waals surface area contributed by atoms with Gasteiger partial charge in [-0.15, -0.1) is 0 Å². The topological polar surface area (TPSA) is 68.2 Å². The average molecular weight is 292 g/mol. The van der Waals surface area contributed by atoms with E-state index in [4.69, 9.17) is 4.74 Å². The molecule has 2 fully saturated rings. The monoisotopic (exact) mass is 292 g/mol. The van der Waals surface area contributed by atoms with Crippen LogP contribution in [0.2, 0.25) is 0 Å². The zero-order chi connectivity index (χ0) is 14.7. The largest absolute Gasteiger partial charge is 0.376 e. The number of rotatable bonds is 4. The van der Waals surface area contributed by atoms with E-state index >= 15 is 0 Å². The van der Waals surface area contributed by atoms with Gasteiger partial charge in [0.2, 0.25) is 5.91 Å². The summed E-state index contributed by atoms with van der Waals surface area (Å²) in [6.45, 7) is 5.37. The highest BCUT2D eigenvalue weighted by atomic mass is 16.5. The Bertz CT molecular complexity index is 488. The van der Waals surface area contributed by atoms with Gasteiger partial charge in [-0.25, -0.2) is 0 Å². The van der Waals surface area contributed by atoms with Crippen molar-refractivity contribution in [3.05, 3.63) is 12.4 Å².